The van der Waals surface area contributed by atoms with Gasteiger partial charge in [0.25, 0.3) is 5.91 Å². The molecule has 0 spiro atoms. The van der Waals surface area contributed by atoms with Crippen molar-refractivity contribution in [1.29, 1.82) is 0 Å². The van der Waals surface area contributed by atoms with Gasteiger partial charge in [-0.1, -0.05) is 0 Å². The number of aromatic nitrogens is 2. The molecule has 0 radical (unpaired) electrons. The molecule has 1 aromatic heterocycles. The van der Waals surface area contributed by atoms with Gasteiger partial charge < -0.3 is 26.2 Å². The van der Waals surface area contributed by atoms with Crippen LogP contribution in [0.1, 0.15) is 48.9 Å². The molecule has 3 rings (SSSR count). The van der Waals surface area contributed by atoms with E-state index in [0.29, 0.717) is 18.4 Å². The number of rotatable bonds is 5. The molecule has 0 aromatic carbocycles. The van der Waals surface area contributed by atoms with E-state index >= 15 is 0 Å². The third kappa shape index (κ3) is 4.33. The van der Waals surface area contributed by atoms with E-state index in [4.69, 9.17) is 10.5 Å². The highest BCUT2D eigenvalue weighted by Gasteiger charge is 2.22. The van der Waals surface area contributed by atoms with Gasteiger partial charge in [0.05, 0.1) is 24.3 Å². The average Bonchev–Trinajstić information content (AvgIpc) is 2.58. The Labute approximate surface area is 141 Å². The second-order valence-corrected chi connectivity index (χ2v) is 6.53. The minimum Gasteiger partial charge on any atom is -0.393 e. The van der Waals surface area contributed by atoms with Crippen LogP contribution < -0.4 is 16.4 Å². The van der Waals surface area contributed by atoms with E-state index in [1.807, 2.05) is 0 Å². The third-order valence-corrected chi connectivity index (χ3v) is 4.59. The van der Waals surface area contributed by atoms with Crippen LogP contribution in [0, 0.1) is 0 Å². The molecule has 1 aliphatic heterocycles. The number of amides is 1. The first-order chi connectivity index (χ1) is 11.6. The van der Waals surface area contributed by atoms with E-state index in [0.717, 1.165) is 45.1 Å². The summed E-state index contributed by atoms with van der Waals surface area (Å²) >= 11 is 0. The van der Waals surface area contributed by atoms with Gasteiger partial charge in [-0.05, 0) is 38.5 Å². The molecule has 8 nitrogen and oxygen atoms in total. The number of carbonyl (C=O) groups excluding carboxylic acids is 1. The van der Waals surface area contributed by atoms with Gasteiger partial charge in [-0.2, -0.15) is 4.98 Å². The Bertz CT molecular complexity index is 569. The van der Waals surface area contributed by atoms with Gasteiger partial charge in [-0.3, -0.25) is 4.79 Å². The standard InChI is InChI=1S/C16H25N5O3/c17-14(23)13-8-18-16(20-10-3-5-12(22)6-4-10)21-15(13)19-11-2-1-7-24-9-11/h8,10-12,22H,1-7,9H2,(H2,17,23)(H2,18,19,20,21). The Kier molecular flexibility index (Phi) is 5.47. The molecule has 1 saturated carbocycles. The number of ether oxygens (including phenoxy) is 1. The van der Waals surface area contributed by atoms with Crippen molar-refractivity contribution in [2.24, 2.45) is 5.73 Å². The maximum absolute atomic E-state index is 11.6. The van der Waals surface area contributed by atoms with E-state index in [1.165, 1.54) is 6.20 Å². The van der Waals surface area contributed by atoms with Crippen molar-refractivity contribution in [3.05, 3.63) is 11.8 Å². The first kappa shape index (κ1) is 16.9. The molecular formula is C16H25N5O3. The Morgan fingerprint density at radius 2 is 2.00 bits per heavy atom. The predicted molar refractivity (Wildman–Crippen MR) is 89.9 cm³/mol. The maximum Gasteiger partial charge on any atom is 0.254 e. The SMILES string of the molecule is NC(=O)c1cnc(NC2CCC(O)CC2)nc1NC1CCCOC1. The molecule has 1 saturated heterocycles. The number of nitrogens with zero attached hydrogens (tertiary/aromatic N) is 2. The zero-order valence-corrected chi connectivity index (χ0v) is 13.7. The van der Waals surface area contributed by atoms with Crippen LogP contribution >= 0.6 is 0 Å². The maximum atomic E-state index is 11.6. The summed E-state index contributed by atoms with van der Waals surface area (Å²) in [4.78, 5) is 20.3. The zero-order chi connectivity index (χ0) is 16.9. The lowest BCUT2D eigenvalue weighted by molar-refractivity contribution is 0.0873. The molecule has 1 amide bonds. The molecule has 24 heavy (non-hydrogen) atoms. The van der Waals surface area contributed by atoms with Gasteiger partial charge >= 0.3 is 0 Å². The van der Waals surface area contributed by atoms with E-state index in [2.05, 4.69) is 20.6 Å². The average molecular weight is 335 g/mol. The van der Waals surface area contributed by atoms with E-state index < -0.39 is 5.91 Å². The normalized spacial score (nSPS) is 27.5. The molecule has 2 fully saturated rings. The summed E-state index contributed by atoms with van der Waals surface area (Å²) in [7, 11) is 0. The molecule has 2 heterocycles. The van der Waals surface area contributed by atoms with Gasteiger partial charge in [0.15, 0.2) is 0 Å². The number of nitrogens with one attached hydrogen (secondary N) is 2. The second kappa shape index (κ2) is 7.76. The number of hydrogen-bond donors (Lipinski definition) is 4. The number of carbonyl (C=O) groups is 1. The lowest BCUT2D eigenvalue weighted by Crippen LogP contribution is -2.32. The number of hydrogen-bond acceptors (Lipinski definition) is 7. The van der Waals surface area contributed by atoms with E-state index in [1.54, 1.807) is 0 Å². The molecule has 1 unspecified atom stereocenters. The minimum absolute atomic E-state index is 0.115. The summed E-state index contributed by atoms with van der Waals surface area (Å²) in [5, 5.41) is 16.1. The number of primary amides is 1. The lowest BCUT2D eigenvalue weighted by Gasteiger charge is -2.27. The van der Waals surface area contributed by atoms with Crippen molar-refractivity contribution in [3.8, 4) is 0 Å². The summed E-state index contributed by atoms with van der Waals surface area (Å²) in [5.41, 5.74) is 5.71. The monoisotopic (exact) mass is 335 g/mol. The van der Waals surface area contributed by atoms with Crippen LogP contribution in [-0.4, -0.2) is 52.4 Å². The van der Waals surface area contributed by atoms with Crippen molar-refractivity contribution in [2.45, 2.75) is 56.7 Å². The highest BCUT2D eigenvalue weighted by Crippen LogP contribution is 2.23. The molecular weight excluding hydrogens is 310 g/mol. The van der Waals surface area contributed by atoms with Crippen molar-refractivity contribution in [2.75, 3.05) is 23.8 Å². The molecule has 1 atom stereocenters. The highest BCUT2D eigenvalue weighted by atomic mass is 16.5. The number of anilines is 2. The van der Waals surface area contributed by atoms with E-state index in [-0.39, 0.29) is 23.8 Å². The highest BCUT2D eigenvalue weighted by molar-refractivity contribution is 5.97. The number of aliphatic hydroxyl groups excluding tert-OH is 1. The largest absolute Gasteiger partial charge is 0.393 e. The molecule has 2 aliphatic rings. The van der Waals surface area contributed by atoms with Crippen LogP contribution in [0.5, 0.6) is 0 Å². The minimum atomic E-state index is -0.554. The Morgan fingerprint density at radius 1 is 1.21 bits per heavy atom. The lowest BCUT2D eigenvalue weighted by atomic mass is 9.93. The molecule has 0 bridgehead atoms. The Morgan fingerprint density at radius 3 is 2.67 bits per heavy atom. The Balaban J connectivity index is 1.71. The fourth-order valence-corrected chi connectivity index (χ4v) is 3.19. The number of nitrogens with two attached hydrogens (primary N) is 1. The molecule has 1 aliphatic carbocycles. The first-order valence-electron chi connectivity index (χ1n) is 8.57. The van der Waals surface area contributed by atoms with Crippen LogP contribution in [0.25, 0.3) is 0 Å². The second-order valence-electron chi connectivity index (χ2n) is 6.53. The van der Waals surface area contributed by atoms with Crippen LogP contribution in [0.3, 0.4) is 0 Å². The summed E-state index contributed by atoms with van der Waals surface area (Å²) in [6.07, 6.45) is 6.51. The van der Waals surface area contributed by atoms with Crippen LogP contribution in [-0.2, 0) is 4.74 Å². The third-order valence-electron chi connectivity index (χ3n) is 4.59. The van der Waals surface area contributed by atoms with Crippen LogP contribution in [0.15, 0.2) is 6.20 Å². The van der Waals surface area contributed by atoms with Gasteiger partial charge in [-0.25, -0.2) is 4.98 Å². The van der Waals surface area contributed by atoms with Crippen molar-refractivity contribution in [3.63, 3.8) is 0 Å². The van der Waals surface area contributed by atoms with Gasteiger partial charge in [-0.15, -0.1) is 0 Å². The van der Waals surface area contributed by atoms with Crippen molar-refractivity contribution < 1.29 is 14.6 Å². The van der Waals surface area contributed by atoms with Crippen molar-refractivity contribution >= 4 is 17.7 Å². The van der Waals surface area contributed by atoms with E-state index in [9.17, 15) is 9.90 Å². The predicted octanol–water partition coefficient (Wildman–Crippen LogP) is 0.882. The van der Waals surface area contributed by atoms with Gasteiger partial charge in [0.2, 0.25) is 5.95 Å². The topological polar surface area (TPSA) is 122 Å². The molecule has 132 valence electrons. The van der Waals surface area contributed by atoms with Crippen LogP contribution in [0.4, 0.5) is 11.8 Å². The molecule has 5 N–H and O–H groups in total. The summed E-state index contributed by atoms with van der Waals surface area (Å²) in [6.45, 7) is 1.36. The number of aliphatic hydroxyl groups is 1. The van der Waals surface area contributed by atoms with Gasteiger partial charge in [0, 0.05) is 18.8 Å². The first-order valence-corrected chi connectivity index (χ1v) is 8.57. The van der Waals surface area contributed by atoms with Crippen molar-refractivity contribution in [1.82, 2.24) is 9.97 Å². The fourth-order valence-electron chi connectivity index (χ4n) is 3.19. The summed E-state index contributed by atoms with van der Waals surface area (Å²) < 4.78 is 5.46. The summed E-state index contributed by atoms with van der Waals surface area (Å²) in [6, 6.07) is 0.350. The van der Waals surface area contributed by atoms with Crippen LogP contribution in [0.2, 0.25) is 0 Å². The molecule has 1 aromatic rings. The zero-order valence-electron chi connectivity index (χ0n) is 13.7. The smallest absolute Gasteiger partial charge is 0.254 e. The quantitative estimate of drug-likeness (QED) is 0.630. The summed E-state index contributed by atoms with van der Waals surface area (Å²) in [5.74, 6) is 0.369. The molecule has 8 heteroatoms. The fraction of sp³-hybridized carbons (Fsp3) is 0.688. The van der Waals surface area contributed by atoms with Gasteiger partial charge in [0.1, 0.15) is 5.82 Å². The Hall–Kier alpha value is -1.93.